The van der Waals surface area contributed by atoms with Crippen LogP contribution < -0.4 is 0 Å². The van der Waals surface area contributed by atoms with Gasteiger partial charge in [-0.25, -0.2) is 0 Å². The lowest BCUT2D eigenvalue weighted by Gasteiger charge is -2.32. The van der Waals surface area contributed by atoms with E-state index in [1.165, 1.54) is 0 Å². The number of hydrogen-bond donors (Lipinski definition) is 0. The van der Waals surface area contributed by atoms with E-state index in [-0.39, 0.29) is 18.3 Å². The zero-order valence-corrected chi connectivity index (χ0v) is 11.5. The highest BCUT2D eigenvalue weighted by molar-refractivity contribution is 14.1. The van der Waals surface area contributed by atoms with Crippen molar-refractivity contribution in [2.75, 3.05) is 0 Å². The van der Waals surface area contributed by atoms with Crippen LogP contribution in [0.3, 0.4) is 0 Å². The van der Waals surface area contributed by atoms with E-state index in [1.54, 1.807) is 0 Å². The first-order chi connectivity index (χ1) is 6.30. The molecule has 0 aromatic carbocycles. The fourth-order valence-electron chi connectivity index (χ4n) is 1.31. The van der Waals surface area contributed by atoms with Crippen LogP contribution in [0.15, 0.2) is 12.7 Å². The van der Waals surface area contributed by atoms with Crippen LogP contribution in [0.4, 0.5) is 0 Å². The van der Waals surface area contributed by atoms with Crippen LogP contribution in [-0.2, 0) is 9.31 Å². The van der Waals surface area contributed by atoms with Gasteiger partial charge >= 0.3 is 7.12 Å². The van der Waals surface area contributed by atoms with Gasteiger partial charge < -0.3 is 9.31 Å². The molecule has 0 aromatic rings. The minimum absolute atomic E-state index is 0.112. The molecule has 1 fully saturated rings. The van der Waals surface area contributed by atoms with E-state index in [4.69, 9.17) is 9.31 Å². The summed E-state index contributed by atoms with van der Waals surface area (Å²) < 4.78 is 12.1. The van der Waals surface area contributed by atoms with Crippen LogP contribution in [0.25, 0.3) is 0 Å². The molecule has 1 rings (SSSR count). The Kier molecular flexibility index (Phi) is 3.70. The molecule has 1 unspecified atom stereocenters. The molecule has 80 valence electrons. The van der Waals surface area contributed by atoms with Crippen molar-refractivity contribution in [3.05, 3.63) is 12.7 Å². The summed E-state index contributed by atoms with van der Waals surface area (Å²) in [6.45, 7) is 12.0. The number of rotatable bonds is 3. The maximum atomic E-state index is 5.90. The summed E-state index contributed by atoms with van der Waals surface area (Å²) in [5.74, 6) is 0. The van der Waals surface area contributed by atoms with Crippen molar-refractivity contribution >= 4 is 29.7 Å². The van der Waals surface area contributed by atoms with Gasteiger partial charge in [0, 0.05) is 3.82 Å². The van der Waals surface area contributed by atoms with Gasteiger partial charge in [0.15, 0.2) is 0 Å². The predicted molar refractivity (Wildman–Crippen MR) is 68.7 cm³/mol. The lowest BCUT2D eigenvalue weighted by molar-refractivity contribution is 0.00578. The Morgan fingerprint density at radius 3 is 2.07 bits per heavy atom. The van der Waals surface area contributed by atoms with E-state index in [1.807, 2.05) is 6.08 Å². The largest absolute Gasteiger partial charge is 0.471 e. The molecule has 14 heavy (non-hydrogen) atoms. The lowest BCUT2D eigenvalue weighted by atomic mass is 9.83. The van der Waals surface area contributed by atoms with Gasteiger partial charge in [0.05, 0.1) is 11.2 Å². The van der Waals surface area contributed by atoms with E-state index in [0.29, 0.717) is 3.82 Å². The maximum absolute atomic E-state index is 5.90. The molecule has 0 radical (unpaired) electrons. The van der Waals surface area contributed by atoms with Gasteiger partial charge in [-0.05, 0) is 34.1 Å². The van der Waals surface area contributed by atoms with Gasteiger partial charge in [0.1, 0.15) is 0 Å². The molecular weight excluding hydrogens is 290 g/mol. The predicted octanol–water partition coefficient (Wildman–Crippen LogP) is 3.00. The summed E-state index contributed by atoms with van der Waals surface area (Å²) in [4.78, 5) is 0. The first-order valence-electron chi connectivity index (χ1n) is 4.91. The molecule has 0 bridgehead atoms. The van der Waals surface area contributed by atoms with Crippen LogP contribution in [-0.4, -0.2) is 22.1 Å². The summed E-state index contributed by atoms with van der Waals surface area (Å²) in [5.41, 5.74) is -0.440. The average Bonchev–Trinajstić information content (AvgIpc) is 2.22. The second kappa shape index (κ2) is 4.14. The Labute approximate surface area is 101 Å². The molecular formula is C10H18BIO2. The lowest BCUT2D eigenvalue weighted by Crippen LogP contribution is -2.41. The molecule has 0 saturated carbocycles. The fourth-order valence-corrected chi connectivity index (χ4v) is 1.96. The molecule has 2 nitrogen and oxygen atoms in total. The molecule has 1 aliphatic rings. The van der Waals surface area contributed by atoms with Gasteiger partial charge in [-0.15, -0.1) is 6.58 Å². The second-order valence-corrected chi connectivity index (χ2v) is 6.27. The number of alkyl halides is 1. The Morgan fingerprint density at radius 2 is 1.71 bits per heavy atom. The molecule has 0 aliphatic carbocycles. The molecule has 1 saturated heterocycles. The standard InChI is InChI=1S/C10H18BIO2/c1-6-7-8(12)11-13-9(2,3)10(4,5)14-11/h6,8H,1,7H2,2-5H3. The molecule has 1 heterocycles. The van der Waals surface area contributed by atoms with Crippen molar-refractivity contribution in [1.82, 2.24) is 0 Å². The van der Waals surface area contributed by atoms with Crippen molar-refractivity contribution in [3.8, 4) is 0 Å². The van der Waals surface area contributed by atoms with Crippen LogP contribution in [0, 0.1) is 0 Å². The minimum Gasteiger partial charge on any atom is -0.403 e. The van der Waals surface area contributed by atoms with Gasteiger partial charge in [-0.1, -0.05) is 28.7 Å². The van der Waals surface area contributed by atoms with Crippen molar-refractivity contribution < 1.29 is 9.31 Å². The number of halogens is 1. The van der Waals surface area contributed by atoms with Gasteiger partial charge in [0.25, 0.3) is 0 Å². The van der Waals surface area contributed by atoms with Crippen molar-refractivity contribution in [1.29, 1.82) is 0 Å². The smallest absolute Gasteiger partial charge is 0.403 e. The van der Waals surface area contributed by atoms with E-state index < -0.39 is 0 Å². The second-order valence-electron chi connectivity index (χ2n) is 4.67. The highest BCUT2D eigenvalue weighted by Crippen LogP contribution is 2.39. The van der Waals surface area contributed by atoms with Crippen molar-refractivity contribution in [2.24, 2.45) is 0 Å². The van der Waals surface area contributed by atoms with Gasteiger partial charge in [0.2, 0.25) is 0 Å². The first-order valence-corrected chi connectivity index (χ1v) is 6.15. The molecule has 0 N–H and O–H groups in total. The zero-order chi connectivity index (χ0) is 11.0. The highest BCUT2D eigenvalue weighted by Gasteiger charge is 2.52. The third kappa shape index (κ3) is 2.34. The molecule has 1 atom stereocenters. The number of hydrogen-bond acceptors (Lipinski definition) is 2. The van der Waals surface area contributed by atoms with Crippen molar-refractivity contribution in [2.45, 2.75) is 49.1 Å². The highest BCUT2D eigenvalue weighted by atomic mass is 127. The van der Waals surface area contributed by atoms with Gasteiger partial charge in [-0.2, -0.15) is 0 Å². The fraction of sp³-hybridized carbons (Fsp3) is 0.800. The summed E-state index contributed by atoms with van der Waals surface area (Å²) >= 11 is 2.36. The zero-order valence-electron chi connectivity index (χ0n) is 9.34. The van der Waals surface area contributed by atoms with Crippen LogP contribution in [0.1, 0.15) is 34.1 Å². The molecule has 0 aromatic heterocycles. The molecule has 1 aliphatic heterocycles. The van der Waals surface area contributed by atoms with E-state index in [0.717, 1.165) is 6.42 Å². The normalized spacial score (nSPS) is 26.2. The first kappa shape index (κ1) is 12.5. The van der Waals surface area contributed by atoms with Crippen LogP contribution in [0.2, 0.25) is 0 Å². The SMILES string of the molecule is C=CCC(I)B1OC(C)(C)C(C)(C)O1. The summed E-state index contributed by atoms with van der Waals surface area (Å²) in [6.07, 6.45) is 2.82. The average molecular weight is 308 g/mol. The third-order valence-electron chi connectivity index (χ3n) is 2.96. The van der Waals surface area contributed by atoms with E-state index in [9.17, 15) is 0 Å². The summed E-state index contributed by atoms with van der Waals surface area (Å²) in [5, 5.41) is 0. The number of allylic oxidation sites excluding steroid dienone is 1. The van der Waals surface area contributed by atoms with Crippen LogP contribution >= 0.6 is 22.6 Å². The maximum Gasteiger partial charge on any atom is 0.471 e. The van der Waals surface area contributed by atoms with Gasteiger partial charge in [-0.3, -0.25) is 0 Å². The van der Waals surface area contributed by atoms with Crippen molar-refractivity contribution in [3.63, 3.8) is 0 Å². The Hall–Kier alpha value is 0.455. The van der Waals surface area contributed by atoms with E-state index in [2.05, 4.69) is 56.9 Å². The van der Waals surface area contributed by atoms with Crippen LogP contribution in [0.5, 0.6) is 0 Å². The quantitative estimate of drug-likeness (QED) is 0.345. The molecule has 0 spiro atoms. The Morgan fingerprint density at radius 1 is 1.29 bits per heavy atom. The Bertz CT molecular complexity index is 212. The summed E-state index contributed by atoms with van der Waals surface area (Å²) in [6, 6.07) is 0. The van der Waals surface area contributed by atoms with E-state index >= 15 is 0 Å². The summed E-state index contributed by atoms with van der Waals surface area (Å²) in [7, 11) is -0.112. The monoisotopic (exact) mass is 308 g/mol. The minimum atomic E-state index is -0.220. The molecule has 0 amide bonds. The molecule has 4 heteroatoms. The topological polar surface area (TPSA) is 18.5 Å². The third-order valence-corrected chi connectivity index (χ3v) is 4.05. The Balaban J connectivity index is 2.67.